The number of aromatic nitrogens is 2. The summed E-state index contributed by atoms with van der Waals surface area (Å²) in [6.07, 6.45) is -1.84. The average Bonchev–Trinajstić information content (AvgIpc) is 3.42. The van der Waals surface area contributed by atoms with E-state index in [0.29, 0.717) is 27.9 Å². The van der Waals surface area contributed by atoms with Gasteiger partial charge in [0, 0.05) is 29.3 Å². The second-order valence-electron chi connectivity index (χ2n) is 9.93. The molecular weight excluding hydrogens is 587 g/mol. The molecule has 2 N–H and O–H groups in total. The van der Waals surface area contributed by atoms with Gasteiger partial charge in [0.2, 0.25) is 10.0 Å². The topological polar surface area (TPSA) is 88.5 Å². The van der Waals surface area contributed by atoms with Gasteiger partial charge in [0.25, 0.3) is 0 Å². The first-order valence-corrected chi connectivity index (χ1v) is 15.1. The maximum absolute atomic E-state index is 14.0. The average molecular weight is 616 g/mol. The summed E-state index contributed by atoms with van der Waals surface area (Å²) in [7, 11) is -2.15. The number of rotatable bonds is 7. The third-order valence-electron chi connectivity index (χ3n) is 7.10. The minimum absolute atomic E-state index is 0.0265. The first kappa shape index (κ1) is 29.4. The van der Waals surface area contributed by atoms with E-state index in [-0.39, 0.29) is 17.1 Å². The molecule has 0 aliphatic carbocycles. The molecule has 1 saturated heterocycles. The van der Waals surface area contributed by atoms with Crippen LogP contribution in [0.15, 0.2) is 72.9 Å². The van der Waals surface area contributed by atoms with Crippen molar-refractivity contribution < 1.29 is 26.3 Å². The highest BCUT2D eigenvalue weighted by Gasteiger charge is 2.43. The van der Waals surface area contributed by atoms with E-state index in [1.165, 1.54) is 19.2 Å². The monoisotopic (exact) mass is 615 g/mol. The van der Waals surface area contributed by atoms with Gasteiger partial charge in [-0.05, 0) is 74.1 Å². The summed E-state index contributed by atoms with van der Waals surface area (Å²) in [4.78, 5) is 6.40. The van der Waals surface area contributed by atoms with Crippen LogP contribution in [0.2, 0.25) is 0 Å². The predicted molar refractivity (Wildman–Crippen MR) is 160 cm³/mol. The van der Waals surface area contributed by atoms with Gasteiger partial charge in [-0.1, -0.05) is 18.2 Å². The molecule has 4 aromatic rings. The van der Waals surface area contributed by atoms with Crippen molar-refractivity contribution >= 4 is 38.7 Å². The third kappa shape index (κ3) is 5.53. The Morgan fingerprint density at radius 3 is 2.40 bits per heavy atom. The number of methoxy groups -OCH3 is 1. The van der Waals surface area contributed by atoms with Crippen molar-refractivity contribution in [3.63, 3.8) is 0 Å². The number of para-hydroxylation sites is 1. The van der Waals surface area contributed by atoms with Gasteiger partial charge in [0.15, 0.2) is 5.11 Å². The van der Waals surface area contributed by atoms with Gasteiger partial charge in [-0.3, -0.25) is 9.71 Å². The lowest BCUT2D eigenvalue weighted by molar-refractivity contribution is -0.137. The van der Waals surface area contributed by atoms with E-state index in [1.807, 2.05) is 23.1 Å². The van der Waals surface area contributed by atoms with Gasteiger partial charge in [-0.25, -0.2) is 8.42 Å². The number of pyridine rings is 1. The maximum Gasteiger partial charge on any atom is 0.418 e. The van der Waals surface area contributed by atoms with Gasteiger partial charge in [-0.2, -0.15) is 13.2 Å². The number of nitrogens with zero attached hydrogens (tertiary/aromatic N) is 3. The van der Waals surface area contributed by atoms with Crippen LogP contribution in [-0.4, -0.2) is 36.4 Å². The zero-order chi connectivity index (χ0) is 30.4. The molecule has 8 nitrogen and oxygen atoms in total. The Kier molecular flexibility index (Phi) is 7.66. The Labute approximate surface area is 247 Å². The molecule has 0 spiro atoms. The Hall–Kier alpha value is -4.10. The molecule has 2 aromatic carbocycles. The molecule has 2 aromatic heterocycles. The zero-order valence-electron chi connectivity index (χ0n) is 23.1. The molecule has 13 heteroatoms. The number of hydrogen-bond acceptors (Lipinski definition) is 5. The Morgan fingerprint density at radius 2 is 1.76 bits per heavy atom. The number of anilines is 2. The first-order chi connectivity index (χ1) is 19.8. The van der Waals surface area contributed by atoms with Gasteiger partial charge in [0.1, 0.15) is 5.75 Å². The van der Waals surface area contributed by atoms with Gasteiger partial charge >= 0.3 is 6.18 Å². The smallest absolute Gasteiger partial charge is 0.418 e. The minimum Gasteiger partial charge on any atom is -0.494 e. The molecular formula is C29H28F3N5O3S2. The number of aryl methyl sites for hydroxylation is 1. The third-order valence-corrected chi connectivity index (χ3v) is 8.00. The van der Waals surface area contributed by atoms with Crippen molar-refractivity contribution in [3.05, 3.63) is 101 Å². The number of sulfonamides is 1. The number of nitrogens with one attached hydrogen (secondary N) is 2. The van der Waals surface area contributed by atoms with Crippen molar-refractivity contribution in [3.8, 4) is 11.4 Å². The van der Waals surface area contributed by atoms with E-state index in [4.69, 9.17) is 17.0 Å². The summed E-state index contributed by atoms with van der Waals surface area (Å²) in [6, 6.07) is 16.8. The van der Waals surface area contributed by atoms with Crippen molar-refractivity contribution in [2.75, 3.05) is 23.0 Å². The standard InChI is InChI=1S/C29H28F3N5O3S2/c1-17-15-20(18(2)36(17)24-11-6-5-9-21(24)29(30,31)32)27-26(23-10-7-8-14-33-23)34-28(41)37(27)19-12-13-22(25(16-19)40-3)35-42(4,38)39/h5-16,26-27,35H,1-4H3,(H,34,41)/t26-,27+/m0/s1. The van der Waals surface area contributed by atoms with E-state index in [9.17, 15) is 21.6 Å². The molecule has 42 heavy (non-hydrogen) atoms. The molecule has 0 bridgehead atoms. The maximum atomic E-state index is 14.0. The molecule has 0 unspecified atom stereocenters. The van der Waals surface area contributed by atoms with Gasteiger partial charge < -0.3 is 19.5 Å². The minimum atomic E-state index is -4.54. The van der Waals surface area contributed by atoms with Crippen molar-refractivity contribution in [2.24, 2.45) is 0 Å². The van der Waals surface area contributed by atoms with E-state index >= 15 is 0 Å². The van der Waals surface area contributed by atoms with Crippen LogP contribution in [0.4, 0.5) is 24.5 Å². The molecule has 3 heterocycles. The largest absolute Gasteiger partial charge is 0.494 e. The second kappa shape index (κ2) is 11.0. The van der Waals surface area contributed by atoms with Gasteiger partial charge in [0.05, 0.1) is 48.1 Å². The number of benzene rings is 2. The summed E-state index contributed by atoms with van der Waals surface area (Å²) in [5, 5.41) is 3.71. The molecule has 0 amide bonds. The van der Waals surface area contributed by atoms with E-state index in [2.05, 4.69) is 15.0 Å². The quantitative estimate of drug-likeness (QED) is 0.244. The molecule has 0 saturated carbocycles. The van der Waals surface area contributed by atoms with Crippen molar-refractivity contribution in [1.82, 2.24) is 14.9 Å². The van der Waals surface area contributed by atoms with Crippen LogP contribution in [-0.2, 0) is 16.2 Å². The molecule has 1 aliphatic heterocycles. The van der Waals surface area contributed by atoms with Crippen LogP contribution in [0.3, 0.4) is 0 Å². The zero-order valence-corrected chi connectivity index (χ0v) is 24.7. The fourth-order valence-electron chi connectivity index (χ4n) is 5.43. The highest BCUT2D eigenvalue weighted by molar-refractivity contribution is 7.92. The molecule has 0 radical (unpaired) electrons. The second-order valence-corrected chi connectivity index (χ2v) is 12.1. The van der Waals surface area contributed by atoms with E-state index in [0.717, 1.165) is 17.9 Å². The number of halogens is 3. The lowest BCUT2D eigenvalue weighted by Crippen LogP contribution is -2.29. The highest BCUT2D eigenvalue weighted by atomic mass is 32.2. The van der Waals surface area contributed by atoms with Crippen LogP contribution in [0.25, 0.3) is 5.69 Å². The number of thiocarbonyl (C=S) groups is 1. The number of ether oxygens (including phenoxy) is 1. The van der Waals surface area contributed by atoms with Crippen LogP contribution < -0.4 is 19.7 Å². The molecule has 2 atom stereocenters. The van der Waals surface area contributed by atoms with E-state index < -0.39 is 33.8 Å². The van der Waals surface area contributed by atoms with Gasteiger partial charge in [-0.15, -0.1) is 0 Å². The van der Waals surface area contributed by atoms with E-state index in [1.54, 1.807) is 54.9 Å². The molecule has 220 valence electrons. The Bertz CT molecular complexity index is 1760. The van der Waals surface area contributed by atoms with Crippen LogP contribution in [0, 0.1) is 13.8 Å². The van der Waals surface area contributed by atoms with Crippen LogP contribution >= 0.6 is 12.2 Å². The molecule has 5 rings (SSSR count). The SMILES string of the molecule is COc1cc(N2C(=S)N[C@@H](c3ccccn3)[C@H]2c2cc(C)n(-c3ccccc3C(F)(F)F)c2C)ccc1NS(C)(=O)=O. The molecule has 1 fully saturated rings. The fourth-order valence-corrected chi connectivity index (χ4v) is 6.34. The predicted octanol–water partition coefficient (Wildman–Crippen LogP) is 6.07. The van der Waals surface area contributed by atoms with Crippen LogP contribution in [0.5, 0.6) is 5.75 Å². The Morgan fingerprint density at radius 1 is 1.05 bits per heavy atom. The summed E-state index contributed by atoms with van der Waals surface area (Å²) in [5.41, 5.74) is 2.78. The lowest BCUT2D eigenvalue weighted by Gasteiger charge is -2.29. The van der Waals surface area contributed by atoms with Crippen LogP contribution in [0.1, 0.15) is 40.3 Å². The first-order valence-electron chi connectivity index (χ1n) is 12.8. The van der Waals surface area contributed by atoms with Crippen molar-refractivity contribution in [2.45, 2.75) is 32.1 Å². The lowest BCUT2D eigenvalue weighted by atomic mass is 9.96. The number of hydrogen-bond donors (Lipinski definition) is 2. The summed E-state index contributed by atoms with van der Waals surface area (Å²) >= 11 is 5.80. The molecule has 1 aliphatic rings. The highest BCUT2D eigenvalue weighted by Crippen LogP contribution is 2.46. The Balaban J connectivity index is 1.69. The number of alkyl halides is 3. The summed E-state index contributed by atoms with van der Waals surface area (Å²) in [6.45, 7) is 3.55. The fraction of sp³-hybridized carbons (Fsp3) is 0.241. The summed E-state index contributed by atoms with van der Waals surface area (Å²) < 4.78 is 75.4. The normalized spacial score (nSPS) is 17.3. The van der Waals surface area contributed by atoms with Crippen molar-refractivity contribution in [1.29, 1.82) is 0 Å². The summed E-state index contributed by atoms with van der Waals surface area (Å²) in [5.74, 6) is 0.269.